The molecule has 18 heavy (non-hydrogen) atoms. The highest BCUT2D eigenvalue weighted by Gasteiger charge is 2.04. The van der Waals surface area contributed by atoms with Gasteiger partial charge in [-0.2, -0.15) is 5.10 Å². The zero-order chi connectivity index (χ0) is 13.1. The second-order valence-electron chi connectivity index (χ2n) is 4.64. The third-order valence-electron chi connectivity index (χ3n) is 2.54. The molecule has 3 nitrogen and oxygen atoms in total. The number of benzene rings is 1. The summed E-state index contributed by atoms with van der Waals surface area (Å²) in [4.78, 5) is 11.7. The molecule has 0 aliphatic carbocycles. The molecule has 0 bridgehead atoms. The Morgan fingerprint density at radius 1 is 1.17 bits per heavy atom. The molecular weight excluding hydrogens is 292 g/mol. The van der Waals surface area contributed by atoms with Gasteiger partial charge < -0.3 is 0 Å². The topological polar surface area (TPSA) is 34.9 Å². The van der Waals surface area contributed by atoms with Crippen molar-refractivity contribution in [3.63, 3.8) is 0 Å². The Hall–Kier alpha value is -1.42. The van der Waals surface area contributed by atoms with Crippen molar-refractivity contribution in [3.8, 4) is 11.3 Å². The van der Waals surface area contributed by atoms with E-state index in [1.54, 1.807) is 12.1 Å². The second-order valence-corrected chi connectivity index (χ2v) is 5.56. The molecule has 0 atom stereocenters. The number of rotatable bonds is 3. The number of hydrogen-bond donors (Lipinski definition) is 0. The average molecular weight is 307 g/mol. The van der Waals surface area contributed by atoms with Gasteiger partial charge in [0.15, 0.2) is 0 Å². The summed E-state index contributed by atoms with van der Waals surface area (Å²) in [5, 5.41) is 4.40. The van der Waals surface area contributed by atoms with E-state index in [1.807, 2.05) is 24.3 Å². The van der Waals surface area contributed by atoms with Crippen molar-refractivity contribution in [3.05, 3.63) is 51.2 Å². The Balaban J connectivity index is 2.40. The lowest BCUT2D eigenvalue weighted by Gasteiger charge is -2.09. The van der Waals surface area contributed by atoms with Crippen molar-refractivity contribution in [2.75, 3.05) is 0 Å². The maximum absolute atomic E-state index is 11.7. The van der Waals surface area contributed by atoms with Crippen LogP contribution in [0.1, 0.15) is 13.8 Å². The first-order chi connectivity index (χ1) is 8.56. The molecule has 94 valence electrons. The van der Waals surface area contributed by atoms with Crippen LogP contribution in [0.4, 0.5) is 0 Å². The Labute approximate surface area is 115 Å². The van der Waals surface area contributed by atoms with Gasteiger partial charge in [0, 0.05) is 22.6 Å². The molecule has 0 aliphatic heterocycles. The molecule has 0 unspecified atom stereocenters. The third-order valence-corrected chi connectivity index (χ3v) is 3.07. The number of hydrogen-bond acceptors (Lipinski definition) is 2. The minimum Gasteiger partial charge on any atom is -0.268 e. The highest BCUT2D eigenvalue weighted by molar-refractivity contribution is 9.10. The van der Waals surface area contributed by atoms with E-state index in [2.05, 4.69) is 34.9 Å². The lowest BCUT2D eigenvalue weighted by atomic mass is 10.1. The van der Waals surface area contributed by atoms with E-state index in [4.69, 9.17) is 0 Å². The molecular formula is C14H15BrN2O. The summed E-state index contributed by atoms with van der Waals surface area (Å²) in [6.07, 6.45) is 0. The molecule has 2 rings (SSSR count). The number of halogens is 1. The molecule has 0 radical (unpaired) electrons. The highest BCUT2D eigenvalue weighted by atomic mass is 79.9. The molecule has 1 aromatic carbocycles. The molecule has 2 aromatic rings. The zero-order valence-corrected chi connectivity index (χ0v) is 12.0. The molecule has 0 aliphatic rings. The molecule has 0 spiro atoms. The Morgan fingerprint density at radius 3 is 2.44 bits per heavy atom. The summed E-state index contributed by atoms with van der Waals surface area (Å²) < 4.78 is 2.56. The molecule has 0 saturated heterocycles. The smallest absolute Gasteiger partial charge is 0.266 e. The number of aromatic nitrogens is 2. The Kier molecular flexibility index (Phi) is 3.97. The van der Waals surface area contributed by atoms with Crippen LogP contribution in [0.2, 0.25) is 0 Å². The van der Waals surface area contributed by atoms with Crippen LogP contribution in [0, 0.1) is 5.92 Å². The van der Waals surface area contributed by atoms with Gasteiger partial charge in [-0.05, 0) is 24.1 Å². The molecule has 1 aromatic heterocycles. The summed E-state index contributed by atoms with van der Waals surface area (Å²) in [6.45, 7) is 4.78. The van der Waals surface area contributed by atoms with Crippen LogP contribution < -0.4 is 5.56 Å². The van der Waals surface area contributed by atoms with Crippen LogP contribution in [-0.4, -0.2) is 9.78 Å². The van der Waals surface area contributed by atoms with Crippen LogP contribution >= 0.6 is 15.9 Å². The van der Waals surface area contributed by atoms with E-state index in [9.17, 15) is 4.79 Å². The highest BCUT2D eigenvalue weighted by Crippen LogP contribution is 2.18. The van der Waals surface area contributed by atoms with Crippen molar-refractivity contribution in [2.45, 2.75) is 20.4 Å². The summed E-state index contributed by atoms with van der Waals surface area (Å²) in [6, 6.07) is 11.2. The van der Waals surface area contributed by atoms with E-state index in [-0.39, 0.29) is 5.56 Å². The van der Waals surface area contributed by atoms with Crippen molar-refractivity contribution in [2.24, 2.45) is 5.92 Å². The van der Waals surface area contributed by atoms with E-state index < -0.39 is 0 Å². The van der Waals surface area contributed by atoms with Gasteiger partial charge in [0.25, 0.3) is 5.56 Å². The third kappa shape index (κ3) is 3.07. The number of nitrogens with zero attached hydrogens (tertiary/aromatic N) is 2. The monoisotopic (exact) mass is 306 g/mol. The lowest BCUT2D eigenvalue weighted by molar-refractivity contribution is 0.465. The van der Waals surface area contributed by atoms with Crippen LogP contribution in [0.3, 0.4) is 0 Å². The predicted molar refractivity (Wildman–Crippen MR) is 76.5 cm³/mol. The van der Waals surface area contributed by atoms with E-state index in [0.717, 1.165) is 15.7 Å². The molecule has 0 N–H and O–H groups in total. The molecule has 4 heteroatoms. The average Bonchev–Trinajstić information content (AvgIpc) is 2.32. The fraction of sp³-hybridized carbons (Fsp3) is 0.286. The Morgan fingerprint density at radius 2 is 1.83 bits per heavy atom. The van der Waals surface area contributed by atoms with Gasteiger partial charge >= 0.3 is 0 Å². The lowest BCUT2D eigenvalue weighted by Crippen LogP contribution is -2.24. The predicted octanol–water partition coefficient (Wildman–Crippen LogP) is 3.33. The van der Waals surface area contributed by atoms with E-state index in [1.165, 1.54) is 4.68 Å². The van der Waals surface area contributed by atoms with Crippen LogP contribution in [0.25, 0.3) is 11.3 Å². The van der Waals surface area contributed by atoms with Gasteiger partial charge in [-0.3, -0.25) is 4.79 Å². The van der Waals surface area contributed by atoms with Gasteiger partial charge in [0.1, 0.15) is 0 Å². The SMILES string of the molecule is CC(C)Cn1nc(-c2ccc(Br)cc2)ccc1=O. The fourth-order valence-corrected chi connectivity index (χ4v) is 1.96. The quantitative estimate of drug-likeness (QED) is 0.872. The maximum atomic E-state index is 11.7. The summed E-state index contributed by atoms with van der Waals surface area (Å²) in [5.74, 6) is 0.398. The van der Waals surface area contributed by atoms with Gasteiger partial charge in [-0.1, -0.05) is 41.9 Å². The fourth-order valence-electron chi connectivity index (χ4n) is 1.70. The van der Waals surface area contributed by atoms with Crippen molar-refractivity contribution in [1.29, 1.82) is 0 Å². The first-order valence-corrected chi connectivity index (χ1v) is 6.69. The van der Waals surface area contributed by atoms with Gasteiger partial charge in [0.05, 0.1) is 5.69 Å². The van der Waals surface area contributed by atoms with Gasteiger partial charge in [0.2, 0.25) is 0 Å². The molecule has 1 heterocycles. The summed E-state index contributed by atoms with van der Waals surface area (Å²) in [5.41, 5.74) is 1.78. The van der Waals surface area contributed by atoms with Gasteiger partial charge in [-0.15, -0.1) is 0 Å². The minimum absolute atomic E-state index is 0.0513. The summed E-state index contributed by atoms with van der Waals surface area (Å²) >= 11 is 3.40. The normalized spacial score (nSPS) is 10.9. The van der Waals surface area contributed by atoms with Crippen molar-refractivity contribution in [1.82, 2.24) is 9.78 Å². The largest absolute Gasteiger partial charge is 0.268 e. The van der Waals surface area contributed by atoms with Crippen LogP contribution in [0.15, 0.2) is 45.7 Å². The van der Waals surface area contributed by atoms with Crippen molar-refractivity contribution < 1.29 is 0 Å². The summed E-state index contributed by atoms with van der Waals surface area (Å²) in [7, 11) is 0. The Bertz CT molecular complexity index is 587. The van der Waals surface area contributed by atoms with Gasteiger partial charge in [-0.25, -0.2) is 4.68 Å². The molecule has 0 saturated carbocycles. The van der Waals surface area contributed by atoms with E-state index >= 15 is 0 Å². The first-order valence-electron chi connectivity index (χ1n) is 5.90. The molecule has 0 fully saturated rings. The standard InChI is InChI=1S/C14H15BrN2O/c1-10(2)9-17-14(18)8-7-13(16-17)11-3-5-12(15)6-4-11/h3-8,10H,9H2,1-2H3. The van der Waals surface area contributed by atoms with Crippen LogP contribution in [0.5, 0.6) is 0 Å². The first kappa shape index (κ1) is 13.0. The van der Waals surface area contributed by atoms with Crippen LogP contribution in [-0.2, 0) is 6.54 Å². The molecule has 0 amide bonds. The zero-order valence-electron chi connectivity index (χ0n) is 10.4. The maximum Gasteiger partial charge on any atom is 0.266 e. The van der Waals surface area contributed by atoms with Crippen molar-refractivity contribution >= 4 is 15.9 Å². The second kappa shape index (κ2) is 5.48. The van der Waals surface area contributed by atoms with E-state index in [0.29, 0.717) is 12.5 Å². The minimum atomic E-state index is -0.0513.